The van der Waals surface area contributed by atoms with E-state index in [0.717, 1.165) is 30.6 Å². The van der Waals surface area contributed by atoms with Crippen molar-refractivity contribution in [3.8, 4) is 0 Å². The minimum Gasteiger partial charge on any atom is -0.399 e. The number of nitrogens with two attached hydrogens (primary N) is 2. The number of unbranched alkanes of at least 4 members (excludes halogenated alkanes) is 7. The summed E-state index contributed by atoms with van der Waals surface area (Å²) in [6.45, 7) is 4.73. The smallest absolute Gasteiger partial charge is 0.0314 e. The van der Waals surface area contributed by atoms with Crippen molar-refractivity contribution >= 4 is 11.4 Å². The molecule has 0 atom stereocenters. The van der Waals surface area contributed by atoms with Gasteiger partial charge >= 0.3 is 0 Å². The van der Waals surface area contributed by atoms with E-state index in [1.165, 1.54) is 84.7 Å². The molecule has 0 aliphatic carbocycles. The van der Waals surface area contributed by atoms with Gasteiger partial charge in [-0.2, -0.15) is 0 Å². The lowest BCUT2D eigenvalue weighted by Crippen LogP contribution is -2.24. The van der Waals surface area contributed by atoms with E-state index in [1.54, 1.807) is 0 Å². The molecule has 0 saturated heterocycles. The van der Waals surface area contributed by atoms with E-state index >= 15 is 0 Å². The quantitative estimate of drug-likeness (QED) is 0.118. The van der Waals surface area contributed by atoms with E-state index in [2.05, 4.69) is 86.6 Å². The minimum atomic E-state index is -0.0122. The third-order valence-electron chi connectivity index (χ3n) is 8.49. The van der Waals surface area contributed by atoms with Gasteiger partial charge in [0.25, 0.3) is 0 Å². The number of rotatable bonds is 15. The van der Waals surface area contributed by atoms with Crippen molar-refractivity contribution in [3.05, 3.63) is 130 Å². The van der Waals surface area contributed by atoms with Crippen LogP contribution in [0.15, 0.2) is 97.1 Å². The van der Waals surface area contributed by atoms with Crippen molar-refractivity contribution < 1.29 is 0 Å². The average Bonchev–Trinajstić information content (AvgIpc) is 2.97. The molecule has 4 rings (SSSR count). The Morgan fingerprint density at radius 1 is 0.450 bits per heavy atom. The molecule has 4 N–H and O–H groups in total. The molecule has 0 saturated carbocycles. The lowest BCUT2D eigenvalue weighted by atomic mass is 9.72. The molecular weight excluding hydrogens is 484 g/mol. The van der Waals surface area contributed by atoms with Crippen LogP contribution < -0.4 is 11.5 Å². The highest BCUT2D eigenvalue weighted by Crippen LogP contribution is 2.38. The van der Waals surface area contributed by atoms with Gasteiger partial charge in [-0.3, -0.25) is 0 Å². The maximum Gasteiger partial charge on any atom is 0.0314 e. The predicted octanol–water partition coefficient (Wildman–Crippen LogP) is 9.87. The predicted molar refractivity (Wildman–Crippen MR) is 174 cm³/mol. The van der Waals surface area contributed by atoms with Crippen molar-refractivity contribution in [2.75, 3.05) is 11.5 Å². The maximum atomic E-state index is 5.88. The summed E-state index contributed by atoms with van der Waals surface area (Å²) in [4.78, 5) is 0. The molecule has 0 amide bonds. The zero-order valence-electron chi connectivity index (χ0n) is 24.7. The summed E-state index contributed by atoms with van der Waals surface area (Å²) in [5, 5.41) is 0. The van der Waals surface area contributed by atoms with E-state index in [9.17, 15) is 0 Å². The van der Waals surface area contributed by atoms with Gasteiger partial charge in [-0.05, 0) is 76.9 Å². The molecule has 40 heavy (non-hydrogen) atoms. The van der Waals surface area contributed by atoms with Crippen molar-refractivity contribution in [2.24, 2.45) is 0 Å². The first-order valence-corrected chi connectivity index (χ1v) is 15.3. The van der Waals surface area contributed by atoms with Crippen LogP contribution in [0.25, 0.3) is 0 Å². The van der Waals surface area contributed by atoms with Gasteiger partial charge in [0.2, 0.25) is 0 Å². The summed E-state index contributed by atoms with van der Waals surface area (Å²) in [5.41, 5.74) is 21.4. The van der Waals surface area contributed by atoms with Gasteiger partial charge in [0.1, 0.15) is 0 Å². The Morgan fingerprint density at radius 3 is 1.15 bits per heavy atom. The van der Waals surface area contributed by atoms with E-state index in [-0.39, 0.29) is 5.41 Å². The highest BCUT2D eigenvalue weighted by Gasteiger charge is 2.28. The van der Waals surface area contributed by atoms with Crippen LogP contribution in [0.2, 0.25) is 0 Å². The summed E-state index contributed by atoms with van der Waals surface area (Å²) in [7, 11) is 0. The van der Waals surface area contributed by atoms with Gasteiger partial charge in [0, 0.05) is 16.8 Å². The van der Waals surface area contributed by atoms with E-state index < -0.39 is 0 Å². The molecule has 4 aromatic rings. The van der Waals surface area contributed by atoms with Crippen molar-refractivity contribution in [3.63, 3.8) is 0 Å². The van der Waals surface area contributed by atoms with Crippen LogP contribution in [0.1, 0.15) is 105 Å². The minimum absolute atomic E-state index is 0.0122. The van der Waals surface area contributed by atoms with Gasteiger partial charge in [-0.15, -0.1) is 0 Å². The first-order chi connectivity index (χ1) is 19.5. The summed E-state index contributed by atoms with van der Waals surface area (Å²) in [6.07, 6.45) is 13.8. The second-order valence-electron chi connectivity index (χ2n) is 11.8. The van der Waals surface area contributed by atoms with Crippen LogP contribution in [-0.2, 0) is 18.3 Å². The molecule has 0 spiro atoms. The Balaban J connectivity index is 1.47. The fourth-order valence-corrected chi connectivity index (χ4v) is 5.79. The Kier molecular flexibility index (Phi) is 10.9. The molecule has 0 fully saturated rings. The third-order valence-corrected chi connectivity index (χ3v) is 8.49. The maximum absolute atomic E-state index is 5.88. The molecule has 0 heterocycles. The fraction of sp³-hybridized carbons (Fsp3) is 0.368. The second kappa shape index (κ2) is 14.7. The van der Waals surface area contributed by atoms with Crippen LogP contribution in [0.3, 0.4) is 0 Å². The SMILES string of the molecule is CCCCCCCCCCC(C)(c1ccc(Cc2ccc(N)cc2)cc1)c1ccc(Cc2ccc(N)cc2)cc1. The summed E-state index contributed by atoms with van der Waals surface area (Å²) in [6, 6.07) is 35.2. The monoisotopic (exact) mass is 532 g/mol. The van der Waals surface area contributed by atoms with Gasteiger partial charge in [0.15, 0.2) is 0 Å². The second-order valence-corrected chi connectivity index (χ2v) is 11.8. The van der Waals surface area contributed by atoms with Gasteiger partial charge in [0.05, 0.1) is 0 Å². The molecular formula is C38H48N2. The Labute approximate surface area is 242 Å². The molecule has 0 aliphatic rings. The normalized spacial score (nSPS) is 11.6. The standard InChI is InChI=1S/C38H48N2/c1-3-4-5-6-7-8-9-10-27-38(2,34-19-11-30(12-20-34)28-32-15-23-36(39)24-16-32)35-21-13-31(14-22-35)29-33-17-25-37(40)26-18-33/h11-26H,3-10,27-29,39-40H2,1-2H3. The first kappa shape index (κ1) is 29.5. The average molecular weight is 533 g/mol. The highest BCUT2D eigenvalue weighted by atomic mass is 14.5. The van der Waals surface area contributed by atoms with Gasteiger partial charge in [-0.25, -0.2) is 0 Å². The van der Waals surface area contributed by atoms with Crippen LogP contribution in [0.4, 0.5) is 11.4 Å². The van der Waals surface area contributed by atoms with Crippen molar-refractivity contribution in [1.29, 1.82) is 0 Å². The van der Waals surface area contributed by atoms with E-state index in [4.69, 9.17) is 11.5 Å². The molecule has 2 nitrogen and oxygen atoms in total. The molecule has 0 aromatic heterocycles. The number of hydrogen-bond donors (Lipinski definition) is 2. The first-order valence-electron chi connectivity index (χ1n) is 15.3. The van der Waals surface area contributed by atoms with Crippen LogP contribution in [0.5, 0.6) is 0 Å². The lowest BCUT2D eigenvalue weighted by molar-refractivity contribution is 0.470. The molecule has 0 unspecified atom stereocenters. The zero-order chi connectivity index (χ0) is 28.2. The molecule has 0 radical (unpaired) electrons. The summed E-state index contributed by atoms with van der Waals surface area (Å²) < 4.78 is 0. The van der Waals surface area contributed by atoms with Crippen molar-refractivity contribution in [2.45, 2.75) is 89.9 Å². The molecule has 2 heteroatoms. The number of hydrogen-bond acceptors (Lipinski definition) is 2. The molecule has 210 valence electrons. The number of nitrogen functional groups attached to an aromatic ring is 2. The fourth-order valence-electron chi connectivity index (χ4n) is 5.79. The van der Waals surface area contributed by atoms with Crippen molar-refractivity contribution in [1.82, 2.24) is 0 Å². The highest BCUT2D eigenvalue weighted by molar-refractivity contribution is 5.44. The van der Waals surface area contributed by atoms with Crippen LogP contribution in [0, 0.1) is 0 Å². The molecule has 4 aromatic carbocycles. The van der Waals surface area contributed by atoms with Gasteiger partial charge in [-0.1, -0.05) is 138 Å². The summed E-state index contributed by atoms with van der Waals surface area (Å²) >= 11 is 0. The van der Waals surface area contributed by atoms with E-state index in [0.29, 0.717) is 0 Å². The van der Waals surface area contributed by atoms with E-state index in [1.807, 2.05) is 24.3 Å². The van der Waals surface area contributed by atoms with Crippen LogP contribution in [-0.4, -0.2) is 0 Å². The Bertz CT molecular complexity index is 1180. The topological polar surface area (TPSA) is 52.0 Å². The van der Waals surface area contributed by atoms with Crippen LogP contribution >= 0.6 is 0 Å². The Hall–Kier alpha value is -3.52. The van der Waals surface area contributed by atoms with Gasteiger partial charge < -0.3 is 11.5 Å². The Morgan fingerprint density at radius 2 is 0.775 bits per heavy atom. The molecule has 0 bridgehead atoms. The number of benzene rings is 4. The zero-order valence-corrected chi connectivity index (χ0v) is 24.7. The molecule has 0 aliphatic heterocycles. The third kappa shape index (κ3) is 8.49. The number of anilines is 2. The largest absolute Gasteiger partial charge is 0.399 e. The lowest BCUT2D eigenvalue weighted by Gasteiger charge is -2.32. The summed E-state index contributed by atoms with van der Waals surface area (Å²) in [5.74, 6) is 0.